The lowest BCUT2D eigenvalue weighted by Crippen LogP contribution is -2.02. The summed E-state index contributed by atoms with van der Waals surface area (Å²) in [6.07, 6.45) is 0. The van der Waals surface area contributed by atoms with Gasteiger partial charge in [-0.3, -0.25) is 0 Å². The van der Waals surface area contributed by atoms with Crippen molar-refractivity contribution in [2.75, 3.05) is 0 Å². The van der Waals surface area contributed by atoms with Crippen molar-refractivity contribution >= 4 is 11.0 Å². The second-order valence-corrected chi connectivity index (χ2v) is 6.40. The molecular formula is C22H21N3. The second-order valence-electron chi connectivity index (χ2n) is 6.40. The molecule has 1 heterocycles. The summed E-state index contributed by atoms with van der Waals surface area (Å²) in [5.41, 5.74) is 12.7. The predicted molar refractivity (Wildman–Crippen MR) is 103 cm³/mol. The maximum Gasteiger partial charge on any atom is 0.141 e. The standard InChI is InChI=1S/C22H21N3/c1-16-6-8-18(9-7-16)15-25-21-5-3-2-4-20(21)24-22(25)19-12-10-17(14-23)11-13-19/h2-13H,14-15,23H2,1H3. The van der Waals surface area contributed by atoms with Gasteiger partial charge in [0.05, 0.1) is 11.0 Å². The van der Waals surface area contributed by atoms with Gasteiger partial charge in [-0.15, -0.1) is 0 Å². The molecule has 1 aromatic heterocycles. The first kappa shape index (κ1) is 15.6. The summed E-state index contributed by atoms with van der Waals surface area (Å²) in [5.74, 6) is 0.991. The van der Waals surface area contributed by atoms with E-state index in [-0.39, 0.29) is 0 Å². The van der Waals surface area contributed by atoms with Crippen molar-refractivity contribution in [1.82, 2.24) is 9.55 Å². The Morgan fingerprint density at radius 3 is 2.24 bits per heavy atom. The van der Waals surface area contributed by atoms with Gasteiger partial charge in [0, 0.05) is 18.7 Å². The Labute approximate surface area is 147 Å². The van der Waals surface area contributed by atoms with Crippen molar-refractivity contribution in [2.45, 2.75) is 20.0 Å². The van der Waals surface area contributed by atoms with Crippen LogP contribution in [0, 0.1) is 6.92 Å². The molecule has 0 radical (unpaired) electrons. The molecule has 4 rings (SSSR count). The summed E-state index contributed by atoms with van der Waals surface area (Å²) < 4.78 is 2.29. The molecule has 3 nitrogen and oxygen atoms in total. The lowest BCUT2D eigenvalue weighted by atomic mass is 10.1. The van der Waals surface area contributed by atoms with Crippen molar-refractivity contribution in [3.63, 3.8) is 0 Å². The van der Waals surface area contributed by atoms with E-state index in [1.54, 1.807) is 0 Å². The van der Waals surface area contributed by atoms with Crippen LogP contribution in [0.1, 0.15) is 16.7 Å². The van der Waals surface area contributed by atoms with E-state index in [1.807, 2.05) is 6.07 Å². The molecule has 3 heteroatoms. The highest BCUT2D eigenvalue weighted by Crippen LogP contribution is 2.26. The molecule has 0 aliphatic rings. The molecule has 0 saturated carbocycles. The molecule has 2 N–H and O–H groups in total. The van der Waals surface area contributed by atoms with Gasteiger partial charge in [-0.2, -0.15) is 0 Å². The van der Waals surface area contributed by atoms with Crippen molar-refractivity contribution in [1.29, 1.82) is 0 Å². The summed E-state index contributed by atoms with van der Waals surface area (Å²) in [5, 5.41) is 0. The summed E-state index contributed by atoms with van der Waals surface area (Å²) >= 11 is 0. The third-order valence-corrected chi connectivity index (χ3v) is 4.56. The van der Waals surface area contributed by atoms with E-state index in [2.05, 4.69) is 78.2 Å². The van der Waals surface area contributed by atoms with Gasteiger partial charge >= 0.3 is 0 Å². The molecule has 0 spiro atoms. The third kappa shape index (κ3) is 3.06. The number of fused-ring (bicyclic) bond motifs is 1. The predicted octanol–water partition coefficient (Wildman–Crippen LogP) is 4.52. The fourth-order valence-electron chi connectivity index (χ4n) is 3.12. The normalized spacial score (nSPS) is 11.1. The average molecular weight is 327 g/mol. The van der Waals surface area contributed by atoms with E-state index in [0.29, 0.717) is 6.54 Å². The number of nitrogens with zero attached hydrogens (tertiary/aromatic N) is 2. The van der Waals surface area contributed by atoms with Crippen molar-refractivity contribution < 1.29 is 0 Å². The van der Waals surface area contributed by atoms with Gasteiger partial charge in [-0.05, 0) is 30.2 Å². The zero-order valence-corrected chi connectivity index (χ0v) is 14.3. The number of nitrogens with two attached hydrogens (primary N) is 1. The van der Waals surface area contributed by atoms with Crippen LogP contribution >= 0.6 is 0 Å². The van der Waals surface area contributed by atoms with Gasteiger partial charge in [0.1, 0.15) is 5.82 Å². The van der Waals surface area contributed by atoms with Gasteiger partial charge < -0.3 is 10.3 Å². The molecule has 4 aromatic rings. The number of benzene rings is 3. The molecule has 0 aliphatic carbocycles. The Bertz CT molecular complexity index is 996. The van der Waals surface area contributed by atoms with E-state index in [1.165, 1.54) is 11.1 Å². The summed E-state index contributed by atoms with van der Waals surface area (Å²) in [7, 11) is 0. The monoisotopic (exact) mass is 327 g/mol. The average Bonchev–Trinajstić information content (AvgIpc) is 3.02. The zero-order chi connectivity index (χ0) is 17.2. The van der Waals surface area contributed by atoms with Gasteiger partial charge in [-0.1, -0.05) is 66.2 Å². The zero-order valence-electron chi connectivity index (χ0n) is 14.3. The molecular weight excluding hydrogens is 306 g/mol. The first-order chi connectivity index (χ1) is 12.2. The lowest BCUT2D eigenvalue weighted by molar-refractivity contribution is 0.834. The summed E-state index contributed by atoms with van der Waals surface area (Å²) in [4.78, 5) is 4.88. The topological polar surface area (TPSA) is 43.8 Å². The molecule has 0 saturated heterocycles. The van der Waals surface area contributed by atoms with Crippen LogP contribution in [-0.4, -0.2) is 9.55 Å². The Hall–Kier alpha value is -2.91. The van der Waals surface area contributed by atoms with Crippen LogP contribution in [-0.2, 0) is 13.1 Å². The highest BCUT2D eigenvalue weighted by atomic mass is 15.1. The smallest absolute Gasteiger partial charge is 0.141 e. The number of hydrogen-bond donors (Lipinski definition) is 1. The maximum absolute atomic E-state index is 5.72. The molecule has 0 bridgehead atoms. The van der Waals surface area contributed by atoms with Crippen LogP contribution < -0.4 is 5.73 Å². The minimum atomic E-state index is 0.556. The Balaban J connectivity index is 1.83. The van der Waals surface area contributed by atoms with Gasteiger partial charge in [0.15, 0.2) is 0 Å². The summed E-state index contributed by atoms with van der Waals surface area (Å²) in [6.45, 7) is 3.47. The lowest BCUT2D eigenvalue weighted by Gasteiger charge is -2.10. The molecule has 0 fully saturated rings. The van der Waals surface area contributed by atoms with Crippen molar-refractivity contribution in [2.24, 2.45) is 5.73 Å². The molecule has 0 unspecified atom stereocenters. The van der Waals surface area contributed by atoms with Crippen LogP contribution in [0.25, 0.3) is 22.4 Å². The van der Waals surface area contributed by atoms with Crippen LogP contribution in [0.3, 0.4) is 0 Å². The Morgan fingerprint density at radius 1 is 0.840 bits per heavy atom. The quantitative estimate of drug-likeness (QED) is 0.599. The van der Waals surface area contributed by atoms with E-state index >= 15 is 0 Å². The Kier molecular flexibility index (Phi) is 4.08. The number of hydrogen-bond acceptors (Lipinski definition) is 2. The molecule has 124 valence electrons. The van der Waals surface area contributed by atoms with E-state index in [9.17, 15) is 0 Å². The first-order valence-corrected chi connectivity index (χ1v) is 8.55. The largest absolute Gasteiger partial charge is 0.326 e. The first-order valence-electron chi connectivity index (χ1n) is 8.55. The number of aromatic nitrogens is 2. The number of imidazole rings is 1. The maximum atomic E-state index is 5.72. The minimum Gasteiger partial charge on any atom is -0.326 e. The number of rotatable bonds is 4. The number of para-hydroxylation sites is 2. The van der Waals surface area contributed by atoms with E-state index in [0.717, 1.165) is 34.5 Å². The van der Waals surface area contributed by atoms with Gasteiger partial charge in [-0.25, -0.2) is 4.98 Å². The van der Waals surface area contributed by atoms with E-state index in [4.69, 9.17) is 10.7 Å². The van der Waals surface area contributed by atoms with Gasteiger partial charge in [0.2, 0.25) is 0 Å². The van der Waals surface area contributed by atoms with Crippen LogP contribution in [0.15, 0.2) is 72.8 Å². The van der Waals surface area contributed by atoms with Crippen LogP contribution in [0.5, 0.6) is 0 Å². The van der Waals surface area contributed by atoms with Crippen LogP contribution in [0.4, 0.5) is 0 Å². The van der Waals surface area contributed by atoms with Crippen molar-refractivity contribution in [3.05, 3.63) is 89.5 Å². The SMILES string of the molecule is Cc1ccc(Cn2c(-c3ccc(CN)cc3)nc3ccccc32)cc1. The fraction of sp³-hybridized carbons (Fsp3) is 0.136. The fourth-order valence-corrected chi connectivity index (χ4v) is 3.12. The highest BCUT2D eigenvalue weighted by Gasteiger charge is 2.12. The summed E-state index contributed by atoms with van der Waals surface area (Å²) in [6, 6.07) is 25.3. The molecule has 0 aliphatic heterocycles. The molecule has 3 aromatic carbocycles. The molecule has 0 amide bonds. The highest BCUT2D eigenvalue weighted by molar-refractivity contribution is 5.80. The number of aryl methyl sites for hydroxylation is 1. The molecule has 0 atom stereocenters. The van der Waals surface area contributed by atoms with Crippen molar-refractivity contribution in [3.8, 4) is 11.4 Å². The van der Waals surface area contributed by atoms with E-state index < -0.39 is 0 Å². The Morgan fingerprint density at radius 2 is 1.52 bits per heavy atom. The minimum absolute atomic E-state index is 0.556. The molecule has 25 heavy (non-hydrogen) atoms. The third-order valence-electron chi connectivity index (χ3n) is 4.56. The van der Waals surface area contributed by atoms with Crippen LogP contribution in [0.2, 0.25) is 0 Å². The van der Waals surface area contributed by atoms with Gasteiger partial charge in [0.25, 0.3) is 0 Å². The second kappa shape index (κ2) is 6.54.